The zero-order valence-electron chi connectivity index (χ0n) is 8.98. The van der Waals surface area contributed by atoms with Gasteiger partial charge in [-0.05, 0) is 24.3 Å². The molecule has 0 atom stereocenters. The van der Waals surface area contributed by atoms with E-state index in [0.29, 0.717) is 12.2 Å². The maximum Gasteiger partial charge on any atom is 0.0812 e. The fourth-order valence-corrected chi connectivity index (χ4v) is 2.61. The molecular formula is C10H14NNaO3S3. The molecule has 0 bridgehead atoms. The van der Waals surface area contributed by atoms with Gasteiger partial charge in [-0.2, -0.15) is 21.0 Å². The van der Waals surface area contributed by atoms with Crippen molar-refractivity contribution in [2.45, 2.75) is 6.42 Å². The van der Waals surface area contributed by atoms with E-state index in [2.05, 4.69) is 23.7 Å². The molecule has 4 nitrogen and oxygen atoms in total. The SMILES string of the molecule is O=S(=O)(O)CCCS.[NaH].c1ccc2scnc2c1. The zero-order chi connectivity index (χ0) is 12.7. The number of benzene rings is 1. The summed E-state index contributed by atoms with van der Waals surface area (Å²) in [5.74, 6) is 0.302. The fourth-order valence-electron chi connectivity index (χ4n) is 1.05. The van der Waals surface area contributed by atoms with Crippen LogP contribution in [-0.2, 0) is 10.1 Å². The second-order valence-corrected chi connectivity index (χ2v) is 6.09. The van der Waals surface area contributed by atoms with Crippen molar-refractivity contribution in [3.8, 4) is 0 Å². The van der Waals surface area contributed by atoms with Gasteiger partial charge in [0.05, 0.1) is 21.5 Å². The van der Waals surface area contributed by atoms with Crippen molar-refractivity contribution in [1.82, 2.24) is 4.98 Å². The number of thiazole rings is 1. The predicted octanol–water partition coefficient (Wildman–Crippen LogP) is 1.84. The summed E-state index contributed by atoms with van der Waals surface area (Å²) in [7, 11) is -3.74. The van der Waals surface area contributed by atoms with Crippen molar-refractivity contribution < 1.29 is 13.0 Å². The van der Waals surface area contributed by atoms with Gasteiger partial charge < -0.3 is 0 Å². The summed E-state index contributed by atoms with van der Waals surface area (Å²) in [6.45, 7) is 0. The molecule has 0 amide bonds. The van der Waals surface area contributed by atoms with E-state index in [1.165, 1.54) is 4.70 Å². The molecule has 1 heterocycles. The molecular weight excluding hydrogens is 301 g/mol. The first-order valence-electron chi connectivity index (χ1n) is 4.87. The van der Waals surface area contributed by atoms with Gasteiger partial charge in [-0.3, -0.25) is 4.55 Å². The van der Waals surface area contributed by atoms with Crippen LogP contribution in [0.5, 0.6) is 0 Å². The van der Waals surface area contributed by atoms with Crippen LogP contribution in [0, 0.1) is 0 Å². The fraction of sp³-hybridized carbons (Fsp3) is 0.300. The third-order valence-corrected chi connectivity index (χ3v) is 3.73. The summed E-state index contributed by atoms with van der Waals surface area (Å²) in [6, 6.07) is 8.13. The van der Waals surface area contributed by atoms with E-state index in [0.717, 1.165) is 5.52 Å². The Morgan fingerprint density at radius 1 is 1.33 bits per heavy atom. The average molecular weight is 315 g/mol. The third-order valence-electron chi connectivity index (χ3n) is 1.80. The van der Waals surface area contributed by atoms with Crippen LogP contribution in [0.4, 0.5) is 0 Å². The normalized spacial score (nSPS) is 10.3. The summed E-state index contributed by atoms with van der Waals surface area (Å²) < 4.78 is 29.2. The van der Waals surface area contributed by atoms with Crippen LogP contribution >= 0.6 is 24.0 Å². The molecule has 0 radical (unpaired) electrons. The van der Waals surface area contributed by atoms with Crippen LogP contribution in [0.3, 0.4) is 0 Å². The number of hydrogen-bond donors (Lipinski definition) is 2. The van der Waals surface area contributed by atoms with Gasteiger partial charge in [0, 0.05) is 0 Å². The number of aromatic nitrogens is 1. The number of para-hydroxylation sites is 1. The van der Waals surface area contributed by atoms with Crippen LogP contribution in [0.1, 0.15) is 6.42 Å². The maximum atomic E-state index is 9.91. The first-order chi connectivity index (χ1) is 8.03. The minimum atomic E-state index is -3.74. The van der Waals surface area contributed by atoms with Crippen molar-refractivity contribution in [2.75, 3.05) is 11.5 Å². The second kappa shape index (κ2) is 9.30. The average Bonchev–Trinajstić information content (AvgIpc) is 2.74. The molecule has 0 aliphatic rings. The zero-order valence-corrected chi connectivity index (χ0v) is 11.5. The molecule has 8 heteroatoms. The molecule has 0 saturated heterocycles. The number of rotatable bonds is 3. The Labute approximate surface area is 138 Å². The van der Waals surface area contributed by atoms with E-state index in [9.17, 15) is 8.42 Å². The van der Waals surface area contributed by atoms with Crippen LogP contribution in [-0.4, -0.2) is 59.0 Å². The van der Waals surface area contributed by atoms with Gasteiger partial charge in [0.25, 0.3) is 10.1 Å². The molecule has 0 spiro atoms. The van der Waals surface area contributed by atoms with Gasteiger partial charge in [0.2, 0.25) is 0 Å². The van der Waals surface area contributed by atoms with Crippen LogP contribution in [0.2, 0.25) is 0 Å². The van der Waals surface area contributed by atoms with Gasteiger partial charge >= 0.3 is 29.6 Å². The third kappa shape index (κ3) is 7.73. The minimum Gasteiger partial charge on any atom is -0.245 e. The maximum absolute atomic E-state index is 9.91. The summed E-state index contributed by atoms with van der Waals surface area (Å²) in [6.07, 6.45) is 0.405. The molecule has 1 aromatic carbocycles. The summed E-state index contributed by atoms with van der Waals surface area (Å²) in [4.78, 5) is 4.14. The molecule has 18 heavy (non-hydrogen) atoms. The molecule has 1 aromatic heterocycles. The van der Waals surface area contributed by atoms with Crippen LogP contribution in [0.25, 0.3) is 10.2 Å². The number of fused-ring (bicyclic) bond motifs is 1. The Balaban J connectivity index is 0.000000308. The van der Waals surface area contributed by atoms with Gasteiger partial charge in [0.1, 0.15) is 0 Å². The van der Waals surface area contributed by atoms with E-state index in [1.807, 2.05) is 23.7 Å². The largest absolute Gasteiger partial charge is 0.245 e. The standard InChI is InChI=1S/C7H5NS.C3H8O3S2.Na.H/c1-2-4-7-6(3-1)8-5-9-7;4-8(5,6)3-1-2-7;;/h1-5H;7H,1-3H2,(H,4,5,6);;. The first kappa shape index (κ1) is 18.4. The molecule has 0 saturated carbocycles. The van der Waals surface area contributed by atoms with E-state index < -0.39 is 10.1 Å². The van der Waals surface area contributed by atoms with Crippen molar-refractivity contribution in [3.63, 3.8) is 0 Å². The molecule has 96 valence electrons. The Hall–Kier alpha value is 0.370. The summed E-state index contributed by atoms with van der Waals surface area (Å²) in [5, 5.41) is 0. The van der Waals surface area contributed by atoms with E-state index in [-0.39, 0.29) is 35.3 Å². The molecule has 1 N–H and O–H groups in total. The Morgan fingerprint density at radius 3 is 2.50 bits per heavy atom. The topological polar surface area (TPSA) is 67.3 Å². The van der Waals surface area contributed by atoms with Gasteiger partial charge in [-0.15, -0.1) is 11.3 Å². The Morgan fingerprint density at radius 2 is 2.00 bits per heavy atom. The summed E-state index contributed by atoms with van der Waals surface area (Å²) in [5.41, 5.74) is 2.97. The first-order valence-corrected chi connectivity index (χ1v) is 7.99. The number of thiol groups is 1. The van der Waals surface area contributed by atoms with Crippen molar-refractivity contribution in [2.24, 2.45) is 0 Å². The summed E-state index contributed by atoms with van der Waals surface area (Å²) >= 11 is 5.43. The molecule has 0 aliphatic carbocycles. The van der Waals surface area contributed by atoms with Crippen molar-refractivity contribution >= 4 is 73.9 Å². The monoisotopic (exact) mass is 315 g/mol. The van der Waals surface area contributed by atoms with Gasteiger partial charge in [-0.25, -0.2) is 4.98 Å². The molecule has 2 rings (SSSR count). The molecule has 0 aliphatic heterocycles. The van der Waals surface area contributed by atoms with E-state index in [4.69, 9.17) is 4.55 Å². The smallest absolute Gasteiger partial charge is 0.0812 e. The molecule has 2 aromatic rings. The van der Waals surface area contributed by atoms with Gasteiger partial charge in [0.15, 0.2) is 0 Å². The number of hydrogen-bond acceptors (Lipinski definition) is 5. The van der Waals surface area contributed by atoms with Gasteiger partial charge in [-0.1, -0.05) is 12.1 Å². The minimum absolute atomic E-state index is 0. The van der Waals surface area contributed by atoms with E-state index >= 15 is 0 Å². The van der Waals surface area contributed by atoms with E-state index in [1.54, 1.807) is 11.3 Å². The Bertz CT molecular complexity index is 526. The van der Waals surface area contributed by atoms with Crippen LogP contribution < -0.4 is 0 Å². The Kier molecular flexibility index (Phi) is 9.49. The molecule has 0 unspecified atom stereocenters. The van der Waals surface area contributed by atoms with Crippen LogP contribution in [0.15, 0.2) is 29.8 Å². The number of nitrogens with zero attached hydrogens (tertiary/aromatic N) is 1. The second-order valence-electron chi connectivity index (χ2n) is 3.18. The quantitative estimate of drug-likeness (QED) is 0.515. The predicted molar refractivity (Wildman–Crippen MR) is 81.7 cm³/mol. The molecule has 0 fully saturated rings. The van der Waals surface area contributed by atoms with Crippen molar-refractivity contribution in [3.05, 3.63) is 29.8 Å². The van der Waals surface area contributed by atoms with Crippen molar-refractivity contribution in [1.29, 1.82) is 0 Å².